The highest BCUT2D eigenvalue weighted by Gasteiger charge is 2.23. The first-order valence-corrected chi connectivity index (χ1v) is 11.5. The zero-order valence-corrected chi connectivity index (χ0v) is 19.3. The Labute approximate surface area is 188 Å². The lowest BCUT2D eigenvalue weighted by atomic mass is 10.1. The van der Waals surface area contributed by atoms with E-state index in [1.165, 1.54) is 39.0 Å². The minimum absolute atomic E-state index is 0.0648. The van der Waals surface area contributed by atoms with E-state index < -0.39 is 10.0 Å². The number of nitrogens with one attached hydrogen (secondary N) is 1. The summed E-state index contributed by atoms with van der Waals surface area (Å²) in [6.45, 7) is 2.07. The SMILES string of the molecule is CCc1ccc(NC(=O)c2ccc(N(C)S(=O)(=O)c3ccc(OC)c(OC)c3)cc2)cc1. The lowest BCUT2D eigenvalue weighted by molar-refractivity contribution is 0.102. The molecule has 0 fully saturated rings. The van der Waals surface area contributed by atoms with Gasteiger partial charge in [0.1, 0.15) is 0 Å². The van der Waals surface area contributed by atoms with Gasteiger partial charge in [-0.15, -0.1) is 0 Å². The molecule has 0 aromatic heterocycles. The molecule has 0 aliphatic carbocycles. The second-order valence-electron chi connectivity index (χ2n) is 7.04. The van der Waals surface area contributed by atoms with Gasteiger partial charge in [-0.05, 0) is 60.5 Å². The molecule has 7 nitrogen and oxygen atoms in total. The van der Waals surface area contributed by atoms with Gasteiger partial charge >= 0.3 is 0 Å². The number of methoxy groups -OCH3 is 2. The Morgan fingerprint density at radius 1 is 0.906 bits per heavy atom. The molecule has 0 unspecified atom stereocenters. The fourth-order valence-electron chi connectivity index (χ4n) is 3.12. The fourth-order valence-corrected chi connectivity index (χ4v) is 4.34. The number of amides is 1. The van der Waals surface area contributed by atoms with Gasteiger partial charge in [-0.2, -0.15) is 0 Å². The van der Waals surface area contributed by atoms with Crippen LogP contribution in [0.4, 0.5) is 11.4 Å². The maximum absolute atomic E-state index is 13.1. The largest absolute Gasteiger partial charge is 0.493 e. The predicted molar refractivity (Wildman–Crippen MR) is 125 cm³/mol. The summed E-state index contributed by atoms with van der Waals surface area (Å²) in [5, 5.41) is 2.84. The molecule has 168 valence electrons. The maximum Gasteiger partial charge on any atom is 0.264 e. The average Bonchev–Trinajstić information content (AvgIpc) is 2.83. The Balaban J connectivity index is 1.77. The molecule has 0 saturated heterocycles. The normalized spacial score (nSPS) is 11.0. The van der Waals surface area contributed by atoms with Gasteiger partial charge in [-0.25, -0.2) is 8.42 Å². The van der Waals surface area contributed by atoms with E-state index in [4.69, 9.17) is 9.47 Å². The zero-order valence-electron chi connectivity index (χ0n) is 18.5. The number of anilines is 2. The van der Waals surface area contributed by atoms with E-state index in [1.807, 2.05) is 24.3 Å². The quantitative estimate of drug-likeness (QED) is 0.547. The van der Waals surface area contributed by atoms with Crippen LogP contribution in [0, 0.1) is 0 Å². The number of hydrogen-bond donors (Lipinski definition) is 1. The van der Waals surface area contributed by atoms with E-state index in [2.05, 4.69) is 12.2 Å². The number of nitrogens with zero attached hydrogens (tertiary/aromatic N) is 1. The molecule has 3 rings (SSSR count). The Hall–Kier alpha value is -3.52. The molecule has 0 radical (unpaired) electrons. The molecule has 1 amide bonds. The van der Waals surface area contributed by atoms with Gasteiger partial charge in [0.05, 0.1) is 24.8 Å². The van der Waals surface area contributed by atoms with Crippen molar-refractivity contribution in [3.8, 4) is 11.5 Å². The van der Waals surface area contributed by atoms with Crippen LogP contribution in [-0.2, 0) is 16.4 Å². The van der Waals surface area contributed by atoms with E-state index in [-0.39, 0.29) is 10.8 Å². The molecular weight excluding hydrogens is 428 g/mol. The maximum atomic E-state index is 13.1. The molecule has 0 aliphatic heterocycles. The summed E-state index contributed by atoms with van der Waals surface area (Å²) >= 11 is 0. The summed E-state index contributed by atoms with van der Waals surface area (Å²) in [7, 11) is 0.541. The molecule has 32 heavy (non-hydrogen) atoms. The van der Waals surface area contributed by atoms with E-state index in [0.29, 0.717) is 28.4 Å². The summed E-state index contributed by atoms with van der Waals surface area (Å²) in [6, 6.07) is 18.4. The lowest BCUT2D eigenvalue weighted by Gasteiger charge is -2.20. The first-order valence-electron chi connectivity index (χ1n) is 10.0. The van der Waals surface area contributed by atoms with E-state index in [0.717, 1.165) is 10.7 Å². The summed E-state index contributed by atoms with van der Waals surface area (Å²) in [5.41, 5.74) is 2.73. The van der Waals surface area contributed by atoms with Crippen molar-refractivity contribution in [2.75, 3.05) is 30.9 Å². The number of hydrogen-bond acceptors (Lipinski definition) is 5. The van der Waals surface area contributed by atoms with Gasteiger partial charge < -0.3 is 14.8 Å². The van der Waals surface area contributed by atoms with Crippen LogP contribution in [0.2, 0.25) is 0 Å². The zero-order chi connectivity index (χ0) is 23.3. The smallest absolute Gasteiger partial charge is 0.264 e. The summed E-state index contributed by atoms with van der Waals surface area (Å²) in [6.07, 6.45) is 0.926. The van der Waals surface area contributed by atoms with Crippen molar-refractivity contribution in [2.24, 2.45) is 0 Å². The van der Waals surface area contributed by atoms with Gasteiger partial charge in [0.25, 0.3) is 15.9 Å². The third-order valence-electron chi connectivity index (χ3n) is 5.13. The van der Waals surface area contributed by atoms with Gasteiger partial charge in [0.15, 0.2) is 11.5 Å². The minimum Gasteiger partial charge on any atom is -0.493 e. The Bertz CT molecular complexity index is 1190. The molecule has 8 heteroatoms. The average molecular weight is 455 g/mol. The fraction of sp³-hybridized carbons (Fsp3) is 0.208. The molecule has 1 N–H and O–H groups in total. The van der Waals surface area contributed by atoms with Gasteiger partial charge in [0.2, 0.25) is 0 Å². The topological polar surface area (TPSA) is 84.9 Å². The number of aryl methyl sites for hydroxylation is 1. The number of benzene rings is 3. The number of rotatable bonds is 8. The standard InChI is InChI=1S/C24H26N2O5S/c1-5-17-6-10-19(11-7-17)25-24(27)18-8-12-20(13-9-18)26(2)32(28,29)21-14-15-22(30-3)23(16-21)31-4/h6-16H,5H2,1-4H3,(H,25,27). The Kier molecular flexibility index (Phi) is 7.05. The first-order chi connectivity index (χ1) is 15.3. The van der Waals surface area contributed by atoms with Crippen molar-refractivity contribution in [2.45, 2.75) is 18.2 Å². The third-order valence-corrected chi connectivity index (χ3v) is 6.91. The lowest BCUT2D eigenvalue weighted by Crippen LogP contribution is -2.26. The van der Waals surface area contributed by atoms with Crippen molar-refractivity contribution in [3.05, 3.63) is 77.9 Å². The summed E-state index contributed by atoms with van der Waals surface area (Å²) in [4.78, 5) is 12.6. The van der Waals surface area contributed by atoms with Crippen molar-refractivity contribution in [3.63, 3.8) is 0 Å². The molecule has 0 bridgehead atoms. The first kappa shape index (κ1) is 23.1. The van der Waals surface area contributed by atoms with Crippen molar-refractivity contribution in [1.82, 2.24) is 0 Å². The van der Waals surface area contributed by atoms with Crippen LogP contribution < -0.4 is 19.1 Å². The second-order valence-corrected chi connectivity index (χ2v) is 9.01. The monoisotopic (exact) mass is 454 g/mol. The highest BCUT2D eigenvalue weighted by molar-refractivity contribution is 7.92. The van der Waals surface area contributed by atoms with Crippen LogP contribution in [0.3, 0.4) is 0 Å². The Morgan fingerprint density at radius 3 is 2.09 bits per heavy atom. The number of carbonyl (C=O) groups is 1. The van der Waals surface area contributed by atoms with Crippen molar-refractivity contribution >= 4 is 27.3 Å². The molecule has 0 atom stereocenters. The Morgan fingerprint density at radius 2 is 1.53 bits per heavy atom. The van der Waals surface area contributed by atoms with E-state index in [9.17, 15) is 13.2 Å². The van der Waals surface area contributed by atoms with Crippen molar-refractivity contribution < 1.29 is 22.7 Å². The number of sulfonamides is 1. The molecule has 0 heterocycles. The third kappa shape index (κ3) is 4.86. The van der Waals surface area contributed by atoms with Crippen LogP contribution in [-0.4, -0.2) is 35.6 Å². The molecule has 3 aromatic carbocycles. The number of carbonyl (C=O) groups excluding carboxylic acids is 1. The second kappa shape index (κ2) is 9.74. The van der Waals surface area contributed by atoms with Gasteiger partial charge in [-0.3, -0.25) is 9.10 Å². The van der Waals surface area contributed by atoms with Crippen LogP contribution in [0.1, 0.15) is 22.8 Å². The predicted octanol–water partition coefficient (Wildman–Crippen LogP) is 4.34. The molecule has 0 aliphatic rings. The molecule has 3 aromatic rings. The molecule has 0 spiro atoms. The van der Waals surface area contributed by atoms with Crippen LogP contribution in [0.5, 0.6) is 11.5 Å². The number of ether oxygens (including phenoxy) is 2. The molecule has 0 saturated carbocycles. The highest BCUT2D eigenvalue weighted by atomic mass is 32.2. The minimum atomic E-state index is -3.84. The van der Waals surface area contributed by atoms with Crippen LogP contribution in [0.25, 0.3) is 0 Å². The van der Waals surface area contributed by atoms with Crippen LogP contribution in [0.15, 0.2) is 71.6 Å². The van der Waals surface area contributed by atoms with Crippen molar-refractivity contribution in [1.29, 1.82) is 0 Å². The van der Waals surface area contributed by atoms with E-state index in [1.54, 1.807) is 30.3 Å². The summed E-state index contributed by atoms with van der Waals surface area (Å²) in [5.74, 6) is 0.487. The van der Waals surface area contributed by atoms with Gasteiger partial charge in [-0.1, -0.05) is 19.1 Å². The molecular formula is C24H26N2O5S. The highest BCUT2D eigenvalue weighted by Crippen LogP contribution is 2.31. The van der Waals surface area contributed by atoms with E-state index >= 15 is 0 Å². The van der Waals surface area contributed by atoms with Crippen LogP contribution >= 0.6 is 0 Å². The van der Waals surface area contributed by atoms with Gasteiger partial charge in [0, 0.05) is 24.4 Å². The summed E-state index contributed by atoms with van der Waals surface area (Å²) < 4.78 is 37.7.